The van der Waals surface area contributed by atoms with Crippen LogP contribution in [0.25, 0.3) is 11.1 Å². The van der Waals surface area contributed by atoms with Gasteiger partial charge in [0.25, 0.3) is 0 Å². The molecule has 0 atom stereocenters. The summed E-state index contributed by atoms with van der Waals surface area (Å²) in [5.74, 6) is 1.39. The molecule has 0 aromatic heterocycles. The molecule has 4 aromatic carbocycles. The summed E-state index contributed by atoms with van der Waals surface area (Å²) in [5.41, 5.74) is 4.68. The van der Waals surface area contributed by atoms with Gasteiger partial charge in [-0.1, -0.05) is 54.6 Å². The number of ether oxygens (including phenoxy) is 3. The minimum Gasteiger partial charge on any atom is -0.493 e. The Morgan fingerprint density at radius 1 is 0.634 bits per heavy atom. The Bertz CT molecular complexity index is 1490. The van der Waals surface area contributed by atoms with Crippen molar-refractivity contribution < 1.29 is 22.6 Å². The van der Waals surface area contributed by atoms with E-state index in [0.717, 1.165) is 35.5 Å². The number of rotatable bonds is 13. The average Bonchev–Trinajstić information content (AvgIpc) is 3.02. The fourth-order valence-electron chi connectivity index (χ4n) is 4.86. The average molecular weight is 575 g/mol. The molecule has 0 amide bonds. The maximum atomic E-state index is 14.1. The van der Waals surface area contributed by atoms with Crippen LogP contribution in [0.4, 0.5) is 5.69 Å². The molecule has 0 saturated heterocycles. The normalized spacial score (nSPS) is 11.4. The van der Waals surface area contributed by atoms with Gasteiger partial charge in [0.1, 0.15) is 0 Å². The third-order valence-electron chi connectivity index (χ3n) is 7.11. The number of hydrogen-bond acceptors (Lipinski definition) is 6. The molecule has 7 nitrogen and oxygen atoms in total. The summed E-state index contributed by atoms with van der Waals surface area (Å²) >= 11 is 0. The van der Waals surface area contributed by atoms with E-state index >= 15 is 0 Å². The standard InChI is InChI=1S/C33H38N2O5S/c1-6-34(7-2)29-17-13-25(14-18-29)23-35(24-26-21-31(38-3)33(40-5)32(22-26)39-4)41(36,37)30-19-15-28(16-20-30)27-11-9-8-10-12-27/h8-22H,6-7,23-24H2,1-5H3. The van der Waals surface area contributed by atoms with Crippen LogP contribution in [0.15, 0.2) is 95.9 Å². The number of anilines is 1. The van der Waals surface area contributed by atoms with E-state index in [9.17, 15) is 8.42 Å². The molecule has 4 aromatic rings. The Kier molecular flexibility index (Phi) is 9.91. The van der Waals surface area contributed by atoms with E-state index in [1.807, 2.05) is 66.7 Å². The lowest BCUT2D eigenvalue weighted by Gasteiger charge is -2.25. The van der Waals surface area contributed by atoms with Gasteiger partial charge in [0.2, 0.25) is 15.8 Å². The van der Waals surface area contributed by atoms with Crippen molar-refractivity contribution in [3.05, 3.63) is 102 Å². The van der Waals surface area contributed by atoms with Gasteiger partial charge in [-0.25, -0.2) is 8.42 Å². The largest absolute Gasteiger partial charge is 0.493 e. The smallest absolute Gasteiger partial charge is 0.243 e. The molecule has 0 radical (unpaired) electrons. The highest BCUT2D eigenvalue weighted by Crippen LogP contribution is 2.39. The predicted octanol–water partition coefficient (Wildman–Crippen LogP) is 6.62. The summed E-state index contributed by atoms with van der Waals surface area (Å²) in [4.78, 5) is 2.48. The highest BCUT2D eigenvalue weighted by atomic mass is 32.2. The Balaban J connectivity index is 1.71. The molecule has 0 fully saturated rings. The Labute approximate surface area is 244 Å². The zero-order valence-corrected chi connectivity index (χ0v) is 25.1. The van der Waals surface area contributed by atoms with Crippen LogP contribution in [0.5, 0.6) is 17.2 Å². The summed E-state index contributed by atoms with van der Waals surface area (Å²) in [6.45, 7) is 6.33. The number of benzene rings is 4. The van der Waals surface area contributed by atoms with Crippen molar-refractivity contribution in [1.29, 1.82) is 0 Å². The molecule has 41 heavy (non-hydrogen) atoms. The fraction of sp³-hybridized carbons (Fsp3) is 0.273. The molecule has 4 rings (SSSR count). The lowest BCUT2D eigenvalue weighted by atomic mass is 10.1. The summed E-state index contributed by atoms with van der Waals surface area (Å²) in [6.07, 6.45) is 0. The predicted molar refractivity (Wildman–Crippen MR) is 164 cm³/mol. The maximum absolute atomic E-state index is 14.1. The van der Waals surface area contributed by atoms with Gasteiger partial charge in [0, 0.05) is 31.9 Å². The van der Waals surface area contributed by atoms with Gasteiger partial charge in [-0.15, -0.1) is 0 Å². The summed E-state index contributed by atoms with van der Waals surface area (Å²) in [7, 11) is 0.748. The quantitative estimate of drug-likeness (QED) is 0.179. The maximum Gasteiger partial charge on any atom is 0.243 e. The molecular formula is C33H38N2O5S. The second-order valence-electron chi connectivity index (χ2n) is 9.54. The second-order valence-corrected chi connectivity index (χ2v) is 11.5. The van der Waals surface area contributed by atoms with E-state index in [2.05, 4.69) is 18.7 Å². The van der Waals surface area contributed by atoms with Crippen LogP contribution in [0.2, 0.25) is 0 Å². The minimum atomic E-state index is -3.88. The van der Waals surface area contributed by atoms with Crippen molar-refractivity contribution in [3.63, 3.8) is 0 Å². The topological polar surface area (TPSA) is 68.3 Å². The third kappa shape index (κ3) is 6.84. The number of methoxy groups -OCH3 is 3. The zero-order valence-electron chi connectivity index (χ0n) is 24.3. The zero-order chi connectivity index (χ0) is 29.4. The first-order valence-electron chi connectivity index (χ1n) is 13.6. The van der Waals surface area contributed by atoms with Crippen molar-refractivity contribution in [2.24, 2.45) is 0 Å². The molecule has 0 bridgehead atoms. The Morgan fingerprint density at radius 2 is 1.17 bits per heavy atom. The van der Waals surface area contributed by atoms with Gasteiger partial charge in [0.15, 0.2) is 11.5 Å². The number of sulfonamides is 1. The van der Waals surface area contributed by atoms with E-state index in [-0.39, 0.29) is 18.0 Å². The molecule has 0 heterocycles. The molecule has 0 unspecified atom stereocenters. The SMILES string of the molecule is CCN(CC)c1ccc(CN(Cc2cc(OC)c(OC)c(OC)c2)S(=O)(=O)c2ccc(-c3ccccc3)cc2)cc1. The van der Waals surface area contributed by atoms with Gasteiger partial charge < -0.3 is 19.1 Å². The second kappa shape index (κ2) is 13.6. The molecule has 0 aliphatic carbocycles. The van der Waals surface area contributed by atoms with E-state index in [4.69, 9.17) is 14.2 Å². The number of hydrogen-bond donors (Lipinski definition) is 0. The molecule has 0 aliphatic heterocycles. The van der Waals surface area contributed by atoms with Crippen LogP contribution in [0.1, 0.15) is 25.0 Å². The summed E-state index contributed by atoms with van der Waals surface area (Å²) < 4.78 is 46.2. The highest BCUT2D eigenvalue weighted by Gasteiger charge is 2.26. The fourth-order valence-corrected chi connectivity index (χ4v) is 6.28. The summed E-state index contributed by atoms with van der Waals surface area (Å²) in [5, 5.41) is 0. The van der Waals surface area contributed by atoms with Crippen LogP contribution in [0, 0.1) is 0 Å². The molecule has 8 heteroatoms. The van der Waals surface area contributed by atoms with Gasteiger partial charge in [-0.2, -0.15) is 4.31 Å². The minimum absolute atomic E-state index is 0.108. The van der Waals surface area contributed by atoms with Crippen LogP contribution in [-0.2, 0) is 23.1 Å². The molecular weight excluding hydrogens is 536 g/mol. The lowest BCUT2D eigenvalue weighted by molar-refractivity contribution is 0.322. The van der Waals surface area contributed by atoms with E-state index in [1.165, 1.54) is 11.4 Å². The molecule has 0 N–H and O–H groups in total. The van der Waals surface area contributed by atoms with Crippen molar-refractivity contribution in [1.82, 2.24) is 4.31 Å². The molecule has 0 spiro atoms. The van der Waals surface area contributed by atoms with Gasteiger partial charge in [0.05, 0.1) is 26.2 Å². The van der Waals surface area contributed by atoms with Crippen molar-refractivity contribution >= 4 is 15.7 Å². The molecule has 216 valence electrons. The third-order valence-corrected chi connectivity index (χ3v) is 8.91. The van der Waals surface area contributed by atoms with E-state index < -0.39 is 10.0 Å². The Morgan fingerprint density at radius 3 is 1.68 bits per heavy atom. The van der Waals surface area contributed by atoms with Crippen LogP contribution in [0.3, 0.4) is 0 Å². The van der Waals surface area contributed by atoms with Crippen molar-refractivity contribution in [2.75, 3.05) is 39.3 Å². The van der Waals surface area contributed by atoms with Crippen LogP contribution < -0.4 is 19.1 Å². The number of nitrogens with zero attached hydrogens (tertiary/aromatic N) is 2. The van der Waals surface area contributed by atoms with E-state index in [0.29, 0.717) is 22.8 Å². The van der Waals surface area contributed by atoms with Gasteiger partial charge in [-0.05, 0) is 72.5 Å². The first-order valence-corrected chi connectivity index (χ1v) is 15.1. The Hall–Kier alpha value is -4.01. The van der Waals surface area contributed by atoms with E-state index in [1.54, 1.807) is 38.5 Å². The monoisotopic (exact) mass is 574 g/mol. The highest BCUT2D eigenvalue weighted by molar-refractivity contribution is 7.89. The van der Waals surface area contributed by atoms with Crippen LogP contribution >= 0.6 is 0 Å². The van der Waals surface area contributed by atoms with Gasteiger partial charge in [-0.3, -0.25) is 0 Å². The van der Waals surface area contributed by atoms with Gasteiger partial charge >= 0.3 is 0 Å². The summed E-state index contributed by atoms with van der Waals surface area (Å²) in [6, 6.07) is 28.6. The molecule has 0 aliphatic rings. The van der Waals surface area contributed by atoms with Crippen LogP contribution in [-0.4, -0.2) is 47.1 Å². The molecule has 0 saturated carbocycles. The first-order chi connectivity index (χ1) is 19.8. The van der Waals surface area contributed by atoms with Crippen molar-refractivity contribution in [2.45, 2.75) is 31.8 Å². The lowest BCUT2D eigenvalue weighted by Crippen LogP contribution is -2.30. The first kappa shape index (κ1) is 30.0. The van der Waals surface area contributed by atoms with Crippen molar-refractivity contribution in [3.8, 4) is 28.4 Å².